The highest BCUT2D eigenvalue weighted by atomic mass is 16.5. The minimum absolute atomic E-state index is 0.412. The van der Waals surface area contributed by atoms with Crippen molar-refractivity contribution in [2.24, 2.45) is 11.8 Å². The summed E-state index contributed by atoms with van der Waals surface area (Å²) in [5.41, 5.74) is 3.64. The molecule has 1 aliphatic carbocycles. The summed E-state index contributed by atoms with van der Waals surface area (Å²) in [5.74, 6) is -3.11. The molecule has 4 aromatic rings. The number of carboxylic acid groups (broad SMARTS) is 1. The fourth-order valence-corrected chi connectivity index (χ4v) is 5.08. The van der Waals surface area contributed by atoms with Crippen LogP contribution in [-0.2, 0) is 9.59 Å². The molecule has 0 spiro atoms. The van der Waals surface area contributed by atoms with Gasteiger partial charge in [0, 0.05) is 11.8 Å². The molecule has 0 saturated heterocycles. The van der Waals surface area contributed by atoms with Crippen molar-refractivity contribution in [1.29, 1.82) is 0 Å². The number of aliphatic carboxylic acids is 1. The van der Waals surface area contributed by atoms with Crippen molar-refractivity contribution in [3.8, 4) is 16.9 Å². The molecular weight excluding hydrogens is 424 g/mol. The van der Waals surface area contributed by atoms with Gasteiger partial charge in [-0.3, -0.25) is 9.59 Å². The van der Waals surface area contributed by atoms with E-state index >= 15 is 0 Å². The van der Waals surface area contributed by atoms with E-state index in [4.69, 9.17) is 4.74 Å². The van der Waals surface area contributed by atoms with Crippen LogP contribution in [0.3, 0.4) is 0 Å². The monoisotopic (exact) mass is 448 g/mol. The summed E-state index contributed by atoms with van der Waals surface area (Å²) in [6.07, 6.45) is 0. The van der Waals surface area contributed by atoms with Crippen LogP contribution in [-0.4, -0.2) is 17.0 Å². The smallest absolute Gasteiger partial charge is 0.315 e. The first-order valence-corrected chi connectivity index (χ1v) is 11.3. The number of carbonyl (C=O) groups is 2. The van der Waals surface area contributed by atoms with E-state index < -0.39 is 35.6 Å². The number of hydrogen-bond donors (Lipinski definition) is 1. The van der Waals surface area contributed by atoms with Gasteiger partial charge in [-0.25, -0.2) is 0 Å². The molecule has 0 heterocycles. The summed E-state index contributed by atoms with van der Waals surface area (Å²) in [7, 11) is 0. The van der Waals surface area contributed by atoms with Crippen molar-refractivity contribution >= 4 is 11.9 Å². The third-order valence-electron chi connectivity index (χ3n) is 6.63. The van der Waals surface area contributed by atoms with Gasteiger partial charge in [-0.15, -0.1) is 0 Å². The highest BCUT2D eigenvalue weighted by Gasteiger charge is 2.59. The Morgan fingerprint density at radius 3 is 1.62 bits per heavy atom. The van der Waals surface area contributed by atoms with Crippen LogP contribution < -0.4 is 4.74 Å². The number of ether oxygens (including phenoxy) is 1. The summed E-state index contributed by atoms with van der Waals surface area (Å²) in [4.78, 5) is 25.9. The molecule has 168 valence electrons. The molecule has 1 aliphatic rings. The van der Waals surface area contributed by atoms with Crippen LogP contribution in [0.15, 0.2) is 115 Å². The number of carbonyl (C=O) groups excluding carboxylic acids is 1. The maximum absolute atomic E-state index is 13.6. The van der Waals surface area contributed by atoms with Crippen molar-refractivity contribution in [3.05, 3.63) is 126 Å². The van der Waals surface area contributed by atoms with E-state index in [1.54, 1.807) is 6.07 Å². The maximum atomic E-state index is 13.6. The second kappa shape index (κ2) is 9.36. The van der Waals surface area contributed by atoms with Crippen LogP contribution in [0, 0.1) is 11.8 Å². The minimum atomic E-state index is -0.905. The topological polar surface area (TPSA) is 63.6 Å². The van der Waals surface area contributed by atoms with Crippen molar-refractivity contribution in [3.63, 3.8) is 0 Å². The standard InChI is InChI=1S/C30H24O4/c31-29(32)27-25(21-13-6-2-7-14-21)28(26(27)22-15-8-3-9-16-22)30(33)34-24-18-10-17-23(19-24)20-11-4-1-5-12-20/h1-19,25-28H,(H,31,32)/t25-,26+,27?,28?. The van der Waals surface area contributed by atoms with E-state index in [0.29, 0.717) is 5.75 Å². The largest absolute Gasteiger partial charge is 0.481 e. The van der Waals surface area contributed by atoms with Crippen molar-refractivity contribution in [2.45, 2.75) is 11.8 Å². The number of hydrogen-bond acceptors (Lipinski definition) is 3. The molecule has 1 N–H and O–H groups in total. The maximum Gasteiger partial charge on any atom is 0.315 e. The van der Waals surface area contributed by atoms with E-state index in [-0.39, 0.29) is 0 Å². The van der Waals surface area contributed by atoms with Crippen molar-refractivity contribution in [2.75, 3.05) is 0 Å². The Balaban J connectivity index is 1.49. The molecule has 1 saturated carbocycles. The van der Waals surface area contributed by atoms with Gasteiger partial charge in [0.1, 0.15) is 5.75 Å². The van der Waals surface area contributed by atoms with Gasteiger partial charge in [-0.1, -0.05) is 103 Å². The Morgan fingerprint density at radius 2 is 1.09 bits per heavy atom. The first kappa shape index (κ1) is 21.7. The summed E-state index contributed by atoms with van der Waals surface area (Å²) >= 11 is 0. The number of benzene rings is 4. The Kier molecular flexibility index (Phi) is 5.96. The van der Waals surface area contributed by atoms with Crippen LogP contribution in [0.25, 0.3) is 11.1 Å². The van der Waals surface area contributed by atoms with Gasteiger partial charge in [0.25, 0.3) is 0 Å². The summed E-state index contributed by atoms with van der Waals surface area (Å²) in [6.45, 7) is 0. The lowest BCUT2D eigenvalue weighted by Gasteiger charge is -2.48. The molecule has 0 amide bonds. The molecule has 2 unspecified atom stereocenters. The van der Waals surface area contributed by atoms with Gasteiger partial charge in [-0.2, -0.15) is 0 Å². The van der Waals surface area contributed by atoms with Crippen molar-refractivity contribution in [1.82, 2.24) is 0 Å². The van der Waals surface area contributed by atoms with Crippen LogP contribution >= 0.6 is 0 Å². The highest BCUT2D eigenvalue weighted by molar-refractivity contribution is 5.86. The summed E-state index contributed by atoms with van der Waals surface area (Å²) in [5, 5.41) is 10.1. The zero-order valence-electron chi connectivity index (χ0n) is 18.5. The fraction of sp³-hybridized carbons (Fsp3) is 0.133. The van der Waals surface area contributed by atoms with Gasteiger partial charge in [-0.05, 0) is 34.4 Å². The molecule has 0 bridgehead atoms. The molecule has 1 fully saturated rings. The SMILES string of the molecule is O=C(O)C1[C@@H](c2ccccc2)C(C(=O)Oc2cccc(-c3ccccc3)c2)[C@H]1c1ccccc1. The second-order valence-corrected chi connectivity index (χ2v) is 8.58. The van der Waals surface area contributed by atoms with Crippen molar-refractivity contribution < 1.29 is 19.4 Å². The molecular formula is C30H24O4. The Hall–Kier alpha value is -4.18. The Labute approximate surface area is 198 Å². The number of rotatable bonds is 6. The Morgan fingerprint density at radius 1 is 0.588 bits per heavy atom. The molecule has 34 heavy (non-hydrogen) atoms. The molecule has 0 radical (unpaired) electrons. The Bertz CT molecular complexity index is 1240. The lowest BCUT2D eigenvalue weighted by molar-refractivity contribution is -0.158. The quantitative estimate of drug-likeness (QED) is 0.284. The molecule has 4 atom stereocenters. The predicted octanol–water partition coefficient (Wildman–Crippen LogP) is 6.16. The molecule has 0 aromatic heterocycles. The van der Waals surface area contributed by atoms with Crippen LogP contribution in [0.2, 0.25) is 0 Å². The molecule has 5 rings (SSSR count). The molecule has 4 aromatic carbocycles. The number of esters is 1. The highest BCUT2D eigenvalue weighted by Crippen LogP contribution is 2.58. The van der Waals surface area contributed by atoms with E-state index in [1.165, 1.54) is 0 Å². The van der Waals surface area contributed by atoms with Gasteiger partial charge in [0.2, 0.25) is 0 Å². The summed E-state index contributed by atoms with van der Waals surface area (Å²) in [6, 6.07) is 36.1. The lowest BCUT2D eigenvalue weighted by atomic mass is 9.52. The lowest BCUT2D eigenvalue weighted by Crippen LogP contribution is -2.52. The third-order valence-corrected chi connectivity index (χ3v) is 6.63. The van der Waals surface area contributed by atoms with Crippen LogP contribution in [0.1, 0.15) is 23.0 Å². The van der Waals surface area contributed by atoms with Gasteiger partial charge in [0.05, 0.1) is 11.8 Å². The predicted molar refractivity (Wildman–Crippen MR) is 130 cm³/mol. The zero-order valence-corrected chi connectivity index (χ0v) is 18.5. The first-order chi connectivity index (χ1) is 16.6. The molecule has 4 nitrogen and oxygen atoms in total. The molecule has 4 heteroatoms. The number of carboxylic acids is 1. The van der Waals surface area contributed by atoms with E-state index in [9.17, 15) is 14.7 Å². The second-order valence-electron chi connectivity index (χ2n) is 8.58. The minimum Gasteiger partial charge on any atom is -0.481 e. The van der Waals surface area contributed by atoms with Crippen LogP contribution in [0.4, 0.5) is 0 Å². The van der Waals surface area contributed by atoms with E-state index in [1.807, 2.05) is 109 Å². The van der Waals surface area contributed by atoms with E-state index in [2.05, 4.69) is 0 Å². The van der Waals surface area contributed by atoms with Gasteiger partial charge in [0.15, 0.2) is 0 Å². The summed E-state index contributed by atoms with van der Waals surface area (Å²) < 4.78 is 5.88. The zero-order chi connectivity index (χ0) is 23.5. The average molecular weight is 449 g/mol. The normalized spacial score (nSPS) is 21.3. The third kappa shape index (κ3) is 4.11. The first-order valence-electron chi connectivity index (χ1n) is 11.3. The molecule has 0 aliphatic heterocycles. The average Bonchev–Trinajstić information content (AvgIpc) is 2.85. The fourth-order valence-electron chi connectivity index (χ4n) is 5.08. The van der Waals surface area contributed by atoms with Gasteiger partial charge < -0.3 is 9.84 Å². The van der Waals surface area contributed by atoms with Crippen LogP contribution in [0.5, 0.6) is 5.75 Å². The van der Waals surface area contributed by atoms with E-state index in [0.717, 1.165) is 22.3 Å². The van der Waals surface area contributed by atoms with Gasteiger partial charge >= 0.3 is 11.9 Å².